The molecule has 2 N–H and O–H groups in total. The molecule has 6 heteroatoms. The fraction of sp³-hybridized carbons (Fsp3) is 0.611. The van der Waals surface area contributed by atoms with Gasteiger partial charge in [0, 0.05) is 19.7 Å². The van der Waals surface area contributed by atoms with E-state index in [2.05, 4.69) is 34.7 Å². The summed E-state index contributed by atoms with van der Waals surface area (Å²) in [4.78, 5) is 4.50. The van der Waals surface area contributed by atoms with Crippen LogP contribution in [0.25, 0.3) is 0 Å². The van der Waals surface area contributed by atoms with Gasteiger partial charge in [0.2, 0.25) is 0 Å². The third-order valence-corrected chi connectivity index (χ3v) is 3.55. The molecule has 0 aromatic heterocycles. The van der Waals surface area contributed by atoms with Gasteiger partial charge in [-0.15, -0.1) is 24.0 Å². The van der Waals surface area contributed by atoms with Gasteiger partial charge in [0.1, 0.15) is 0 Å². The molecular weight excluding hydrogens is 417 g/mol. The zero-order valence-corrected chi connectivity index (χ0v) is 16.8. The van der Waals surface area contributed by atoms with Gasteiger partial charge in [-0.3, -0.25) is 4.99 Å². The monoisotopic (exact) mass is 447 g/mol. The highest BCUT2D eigenvalue weighted by molar-refractivity contribution is 14.0. The van der Waals surface area contributed by atoms with Crippen LogP contribution in [0.3, 0.4) is 0 Å². The number of nitrogens with zero attached hydrogens (tertiary/aromatic N) is 1. The van der Waals surface area contributed by atoms with Crippen molar-refractivity contribution in [3.63, 3.8) is 0 Å². The first-order valence-electron chi connectivity index (χ1n) is 8.60. The fourth-order valence-corrected chi connectivity index (χ4v) is 2.10. The van der Waals surface area contributed by atoms with E-state index in [1.165, 1.54) is 18.4 Å². The summed E-state index contributed by atoms with van der Waals surface area (Å²) in [5, 5.41) is 6.51. The summed E-state index contributed by atoms with van der Waals surface area (Å²) < 4.78 is 11.2. The van der Waals surface area contributed by atoms with Crippen LogP contribution in [0.5, 0.6) is 0 Å². The second-order valence-electron chi connectivity index (χ2n) is 5.74. The van der Waals surface area contributed by atoms with Crippen LogP contribution in [0.4, 0.5) is 0 Å². The number of aliphatic imine (C=N–C) groups is 1. The van der Waals surface area contributed by atoms with Gasteiger partial charge < -0.3 is 20.1 Å². The molecule has 0 unspecified atom stereocenters. The maximum atomic E-state index is 5.65. The zero-order chi connectivity index (χ0) is 16.2. The summed E-state index contributed by atoms with van der Waals surface area (Å²) in [5.74, 6) is 1.64. The molecule has 1 aromatic carbocycles. The summed E-state index contributed by atoms with van der Waals surface area (Å²) in [7, 11) is 0. The summed E-state index contributed by atoms with van der Waals surface area (Å²) in [5.41, 5.74) is 1.20. The highest BCUT2D eigenvalue weighted by Crippen LogP contribution is 2.28. The van der Waals surface area contributed by atoms with E-state index >= 15 is 0 Å². The van der Waals surface area contributed by atoms with Crippen LogP contribution in [-0.2, 0) is 16.1 Å². The number of halogens is 1. The van der Waals surface area contributed by atoms with Gasteiger partial charge in [-0.1, -0.05) is 30.3 Å². The summed E-state index contributed by atoms with van der Waals surface area (Å²) >= 11 is 0. The molecule has 0 aliphatic heterocycles. The first-order chi connectivity index (χ1) is 11.4. The normalized spacial score (nSPS) is 14.1. The second kappa shape index (κ2) is 13.4. The molecule has 0 bridgehead atoms. The Labute approximate surface area is 162 Å². The van der Waals surface area contributed by atoms with Crippen molar-refractivity contribution in [2.75, 3.05) is 39.5 Å². The Morgan fingerprint density at radius 1 is 1.12 bits per heavy atom. The van der Waals surface area contributed by atoms with Crippen molar-refractivity contribution < 1.29 is 9.47 Å². The average molecular weight is 447 g/mol. The van der Waals surface area contributed by atoms with Gasteiger partial charge >= 0.3 is 0 Å². The van der Waals surface area contributed by atoms with Crippen molar-refractivity contribution in [3.05, 3.63) is 35.9 Å². The third kappa shape index (κ3) is 10.1. The van der Waals surface area contributed by atoms with Crippen LogP contribution in [0, 0.1) is 5.92 Å². The Morgan fingerprint density at radius 3 is 2.62 bits per heavy atom. The van der Waals surface area contributed by atoms with Crippen molar-refractivity contribution in [3.8, 4) is 0 Å². The van der Waals surface area contributed by atoms with E-state index in [-0.39, 0.29) is 24.0 Å². The summed E-state index contributed by atoms with van der Waals surface area (Å²) in [6, 6.07) is 10.2. The molecule has 0 amide bonds. The highest BCUT2D eigenvalue weighted by atomic mass is 127. The minimum atomic E-state index is 0. The minimum absolute atomic E-state index is 0. The number of hydrogen-bond donors (Lipinski definition) is 2. The number of nitrogens with one attached hydrogen (secondary N) is 2. The predicted molar refractivity (Wildman–Crippen MR) is 109 cm³/mol. The Balaban J connectivity index is 0.00000288. The van der Waals surface area contributed by atoms with E-state index in [1.807, 2.05) is 18.2 Å². The lowest BCUT2D eigenvalue weighted by molar-refractivity contribution is 0.125. The molecule has 1 saturated carbocycles. The topological polar surface area (TPSA) is 54.9 Å². The van der Waals surface area contributed by atoms with E-state index in [9.17, 15) is 0 Å². The lowest BCUT2D eigenvalue weighted by atomic mass is 10.2. The van der Waals surface area contributed by atoms with Crippen LogP contribution in [0.2, 0.25) is 0 Å². The van der Waals surface area contributed by atoms with Crippen LogP contribution in [0.15, 0.2) is 35.3 Å². The van der Waals surface area contributed by atoms with E-state index in [4.69, 9.17) is 9.47 Å². The number of benzene rings is 1. The quantitative estimate of drug-likeness (QED) is 0.237. The Morgan fingerprint density at radius 2 is 1.92 bits per heavy atom. The average Bonchev–Trinajstić information content (AvgIpc) is 3.39. The molecule has 0 atom stereocenters. The first kappa shape index (κ1) is 21.2. The lowest BCUT2D eigenvalue weighted by Gasteiger charge is -2.11. The minimum Gasteiger partial charge on any atom is -0.379 e. The Bertz CT molecular complexity index is 453. The van der Waals surface area contributed by atoms with Gasteiger partial charge in [-0.05, 0) is 31.2 Å². The van der Waals surface area contributed by atoms with Crippen molar-refractivity contribution in [2.24, 2.45) is 10.9 Å². The maximum Gasteiger partial charge on any atom is 0.191 e. The van der Waals surface area contributed by atoms with Gasteiger partial charge in [0.15, 0.2) is 5.96 Å². The smallest absolute Gasteiger partial charge is 0.191 e. The van der Waals surface area contributed by atoms with Crippen LogP contribution < -0.4 is 10.6 Å². The molecule has 24 heavy (non-hydrogen) atoms. The molecule has 2 rings (SSSR count). The molecule has 0 saturated heterocycles. The number of hydrogen-bond acceptors (Lipinski definition) is 3. The lowest BCUT2D eigenvalue weighted by Crippen LogP contribution is -2.39. The fourth-order valence-electron chi connectivity index (χ4n) is 2.10. The molecule has 1 aliphatic rings. The standard InChI is InChI=1S/C18H29N3O2.HI/c1-2-19-18(21-11-13-23-15-17-8-9-17)20-10-12-22-14-16-6-4-3-5-7-16;/h3-7,17H,2,8-15H2,1H3,(H2,19,20,21);1H. The van der Waals surface area contributed by atoms with Crippen LogP contribution in [-0.4, -0.2) is 45.4 Å². The molecule has 1 aromatic rings. The molecule has 1 fully saturated rings. The second-order valence-corrected chi connectivity index (χ2v) is 5.74. The maximum absolute atomic E-state index is 5.65. The number of ether oxygens (including phenoxy) is 2. The summed E-state index contributed by atoms with van der Waals surface area (Å²) in [6.45, 7) is 7.22. The van der Waals surface area contributed by atoms with Crippen molar-refractivity contribution in [2.45, 2.75) is 26.4 Å². The van der Waals surface area contributed by atoms with E-state index in [1.54, 1.807) is 0 Å². The number of rotatable bonds is 11. The molecule has 0 heterocycles. The van der Waals surface area contributed by atoms with Gasteiger partial charge in [0.25, 0.3) is 0 Å². The summed E-state index contributed by atoms with van der Waals surface area (Å²) in [6.07, 6.45) is 2.66. The first-order valence-corrected chi connectivity index (χ1v) is 8.60. The molecule has 5 nitrogen and oxygen atoms in total. The molecule has 0 radical (unpaired) electrons. The van der Waals surface area contributed by atoms with E-state index in [0.29, 0.717) is 26.4 Å². The molecule has 0 spiro atoms. The zero-order valence-electron chi connectivity index (χ0n) is 14.5. The molecular formula is C18H30IN3O2. The van der Waals surface area contributed by atoms with Gasteiger partial charge in [-0.25, -0.2) is 0 Å². The van der Waals surface area contributed by atoms with E-state index in [0.717, 1.165) is 31.6 Å². The Hall–Kier alpha value is -0.860. The predicted octanol–water partition coefficient (Wildman–Crippen LogP) is 2.80. The Kier molecular flexibility index (Phi) is 11.9. The highest BCUT2D eigenvalue weighted by Gasteiger charge is 2.20. The van der Waals surface area contributed by atoms with Crippen molar-refractivity contribution >= 4 is 29.9 Å². The number of guanidine groups is 1. The van der Waals surface area contributed by atoms with Crippen LogP contribution in [0.1, 0.15) is 25.3 Å². The largest absolute Gasteiger partial charge is 0.379 e. The van der Waals surface area contributed by atoms with Gasteiger partial charge in [0.05, 0.1) is 26.4 Å². The van der Waals surface area contributed by atoms with E-state index < -0.39 is 0 Å². The van der Waals surface area contributed by atoms with Crippen LogP contribution >= 0.6 is 24.0 Å². The molecule has 1 aliphatic carbocycles. The molecule has 136 valence electrons. The third-order valence-electron chi connectivity index (χ3n) is 3.55. The van der Waals surface area contributed by atoms with Crippen molar-refractivity contribution in [1.29, 1.82) is 0 Å². The van der Waals surface area contributed by atoms with Gasteiger partial charge in [-0.2, -0.15) is 0 Å². The SMILES string of the molecule is CCNC(=NCCOCC1CC1)NCCOCc1ccccc1.I. The van der Waals surface area contributed by atoms with Crippen molar-refractivity contribution in [1.82, 2.24) is 10.6 Å².